The van der Waals surface area contributed by atoms with Crippen LogP contribution in [0.2, 0.25) is 0 Å². The van der Waals surface area contributed by atoms with Gasteiger partial charge in [-0.2, -0.15) is 0 Å². The van der Waals surface area contributed by atoms with Gasteiger partial charge in [0.25, 0.3) is 0 Å². The predicted molar refractivity (Wildman–Crippen MR) is 115 cm³/mol. The van der Waals surface area contributed by atoms with Crippen molar-refractivity contribution in [3.8, 4) is 0 Å². The lowest BCUT2D eigenvalue weighted by molar-refractivity contribution is -0.520. The molecule has 0 unspecified atom stereocenters. The lowest BCUT2D eigenvalue weighted by atomic mass is 9.91. The van der Waals surface area contributed by atoms with E-state index < -0.39 is 0 Å². The number of hydrogen-bond acceptors (Lipinski definition) is 3. The second-order valence-electron chi connectivity index (χ2n) is 7.54. The van der Waals surface area contributed by atoms with Crippen LogP contribution in [0.15, 0.2) is 84.2 Å². The van der Waals surface area contributed by atoms with Crippen LogP contribution in [0.4, 0.5) is 0 Å². The summed E-state index contributed by atoms with van der Waals surface area (Å²) in [5, 5.41) is 24.2. The molecule has 0 aliphatic carbocycles. The fourth-order valence-corrected chi connectivity index (χ4v) is 4.49. The van der Waals surface area contributed by atoms with Crippen molar-refractivity contribution in [1.29, 1.82) is 0 Å². The van der Waals surface area contributed by atoms with E-state index in [0.717, 1.165) is 11.1 Å². The number of aromatic nitrogens is 1. The molecule has 4 aromatic carbocycles. The first-order valence-corrected chi connectivity index (χ1v) is 9.71. The van der Waals surface area contributed by atoms with Crippen molar-refractivity contribution in [2.75, 3.05) is 6.54 Å². The molecular weight excluding hydrogens is 358 g/mol. The molecule has 1 aliphatic heterocycles. The average molecular weight is 375 g/mol. The number of pyridine rings is 1. The van der Waals surface area contributed by atoms with Gasteiger partial charge in [-0.05, 0) is 61.2 Å². The molecule has 0 spiro atoms. The van der Waals surface area contributed by atoms with E-state index in [1.54, 1.807) is 17.1 Å². The number of rotatable bonds is 2. The van der Waals surface area contributed by atoms with Crippen LogP contribution in [-0.4, -0.2) is 28.3 Å². The Hall–Kier alpha value is -3.79. The van der Waals surface area contributed by atoms with Crippen LogP contribution in [0.5, 0.6) is 0 Å². The Kier molecular flexibility index (Phi) is 3.41. The van der Waals surface area contributed by atoms with E-state index in [2.05, 4.69) is 64.7 Å². The highest BCUT2D eigenvalue weighted by atomic mass is 16.3. The predicted octanol–water partition coefficient (Wildman–Crippen LogP) is 3.88. The zero-order valence-electron chi connectivity index (χ0n) is 15.6. The van der Waals surface area contributed by atoms with Crippen molar-refractivity contribution in [2.24, 2.45) is 5.10 Å². The van der Waals surface area contributed by atoms with Crippen molar-refractivity contribution < 1.29 is 9.79 Å². The molecule has 5 aromatic rings. The molecule has 1 aliphatic rings. The minimum absolute atomic E-state index is 0.107. The maximum atomic E-state index is 12.5. The average Bonchev–Trinajstić information content (AvgIpc) is 3.13. The van der Waals surface area contributed by atoms with Crippen LogP contribution in [-0.2, 0) is 0 Å². The first-order chi connectivity index (χ1) is 14.3. The normalized spacial score (nSPS) is 18.3. The topological polar surface area (TPSA) is 51.3 Å². The van der Waals surface area contributed by atoms with Crippen LogP contribution < -0.4 is 5.11 Å². The molecule has 1 aromatic heterocycles. The quantitative estimate of drug-likeness (QED) is 0.347. The summed E-state index contributed by atoms with van der Waals surface area (Å²) in [4.78, 5) is 4.04. The van der Waals surface area contributed by atoms with E-state index in [1.165, 1.54) is 32.3 Å². The van der Waals surface area contributed by atoms with Gasteiger partial charge in [-0.25, -0.2) is 0 Å². The second-order valence-corrected chi connectivity index (χ2v) is 7.54. The standard InChI is InChI=1S/C25H17N3O/c29-25-22(16-9-11-26-12-10-16)15-28(27-25)14-20-13-19-5-1-3-17-7-8-18-4-2-6-21(20)24(18)23(17)19/h1-14,22H,15H2/b28-14-/t22-/m1/s1. The number of benzene rings is 4. The van der Waals surface area contributed by atoms with Gasteiger partial charge in [-0.3, -0.25) is 4.98 Å². The van der Waals surface area contributed by atoms with Gasteiger partial charge in [0.05, 0.1) is 5.92 Å². The molecule has 4 heteroatoms. The molecule has 0 saturated carbocycles. The summed E-state index contributed by atoms with van der Waals surface area (Å²) in [5.74, 6) is -0.352. The van der Waals surface area contributed by atoms with E-state index in [-0.39, 0.29) is 11.8 Å². The number of nitrogens with zero attached hydrogens (tertiary/aromatic N) is 3. The van der Waals surface area contributed by atoms with E-state index in [4.69, 9.17) is 0 Å². The summed E-state index contributed by atoms with van der Waals surface area (Å²) in [5.41, 5.74) is 2.04. The van der Waals surface area contributed by atoms with Crippen molar-refractivity contribution >= 4 is 44.4 Å². The Labute approximate surface area is 167 Å². The lowest BCUT2D eigenvalue weighted by Crippen LogP contribution is -2.24. The van der Waals surface area contributed by atoms with Gasteiger partial charge in [0.15, 0.2) is 6.54 Å². The van der Waals surface area contributed by atoms with Crippen molar-refractivity contribution in [1.82, 2.24) is 4.98 Å². The first kappa shape index (κ1) is 16.2. The first-order valence-electron chi connectivity index (χ1n) is 9.71. The zero-order valence-corrected chi connectivity index (χ0v) is 15.6. The van der Waals surface area contributed by atoms with E-state index >= 15 is 0 Å². The molecule has 0 radical (unpaired) electrons. The minimum atomic E-state index is -0.245. The fraction of sp³-hybridized carbons (Fsp3) is 0.0800. The summed E-state index contributed by atoms with van der Waals surface area (Å²) >= 11 is 0. The van der Waals surface area contributed by atoms with Gasteiger partial charge in [0.1, 0.15) is 0 Å². The third-order valence-electron chi connectivity index (χ3n) is 5.83. The third kappa shape index (κ3) is 2.49. The highest BCUT2D eigenvalue weighted by molar-refractivity contribution is 6.25. The molecule has 4 nitrogen and oxygen atoms in total. The second kappa shape index (κ2) is 6.11. The van der Waals surface area contributed by atoms with Crippen LogP contribution in [0.3, 0.4) is 0 Å². The Morgan fingerprint density at radius 1 is 0.862 bits per heavy atom. The van der Waals surface area contributed by atoms with E-state index in [1.807, 2.05) is 18.3 Å². The summed E-state index contributed by atoms with van der Waals surface area (Å²) in [6.45, 7) is 0.544. The smallest absolute Gasteiger partial charge is 0.204 e. The van der Waals surface area contributed by atoms with Crippen molar-refractivity contribution in [3.63, 3.8) is 0 Å². The summed E-state index contributed by atoms with van der Waals surface area (Å²) in [7, 11) is 0. The van der Waals surface area contributed by atoms with Crippen LogP contribution >= 0.6 is 0 Å². The molecule has 2 heterocycles. The van der Waals surface area contributed by atoms with Gasteiger partial charge in [0, 0.05) is 23.9 Å². The van der Waals surface area contributed by atoms with Crippen LogP contribution in [0.1, 0.15) is 17.0 Å². The summed E-state index contributed by atoms with van der Waals surface area (Å²) in [6.07, 6.45) is 5.44. The van der Waals surface area contributed by atoms with Crippen LogP contribution in [0.25, 0.3) is 32.3 Å². The molecule has 0 bridgehead atoms. The van der Waals surface area contributed by atoms with Crippen LogP contribution in [0, 0.1) is 0 Å². The maximum absolute atomic E-state index is 12.5. The molecule has 0 saturated heterocycles. The summed E-state index contributed by atoms with van der Waals surface area (Å²) < 4.78 is 1.78. The van der Waals surface area contributed by atoms with Gasteiger partial charge >= 0.3 is 0 Å². The highest BCUT2D eigenvalue weighted by Crippen LogP contribution is 2.36. The molecule has 1 atom stereocenters. The molecule has 29 heavy (non-hydrogen) atoms. The molecule has 138 valence electrons. The molecular formula is C25H17N3O. The van der Waals surface area contributed by atoms with Crippen molar-refractivity contribution in [3.05, 3.63) is 90.3 Å². The van der Waals surface area contributed by atoms with Gasteiger partial charge in [-0.1, -0.05) is 53.2 Å². The monoisotopic (exact) mass is 375 g/mol. The Balaban J connectivity index is 1.53. The Morgan fingerprint density at radius 3 is 2.41 bits per heavy atom. The van der Waals surface area contributed by atoms with E-state index in [0.29, 0.717) is 6.54 Å². The Morgan fingerprint density at radius 2 is 1.59 bits per heavy atom. The largest absolute Gasteiger partial charge is 0.857 e. The van der Waals surface area contributed by atoms with Gasteiger partial charge < -0.3 is 5.11 Å². The molecule has 6 rings (SSSR count). The lowest BCUT2D eigenvalue weighted by Gasteiger charge is -2.12. The zero-order chi connectivity index (χ0) is 19.4. The Bertz CT molecular complexity index is 1440. The number of hydrazone groups is 1. The molecule has 0 fully saturated rings. The third-order valence-corrected chi connectivity index (χ3v) is 5.83. The van der Waals surface area contributed by atoms with E-state index in [9.17, 15) is 5.11 Å². The highest BCUT2D eigenvalue weighted by Gasteiger charge is 2.27. The maximum Gasteiger partial charge on any atom is 0.204 e. The minimum Gasteiger partial charge on any atom is -0.857 e. The SMILES string of the molecule is [O-]C1=N/[N+](=C\c2cc3cccc4ccc5cccc2c5c43)C[C@@H]1c1ccncc1. The molecule has 0 amide bonds. The van der Waals surface area contributed by atoms with Crippen molar-refractivity contribution in [2.45, 2.75) is 5.92 Å². The fourth-order valence-electron chi connectivity index (χ4n) is 4.49. The molecule has 0 N–H and O–H groups in total. The van der Waals surface area contributed by atoms with Gasteiger partial charge in [0.2, 0.25) is 6.21 Å². The number of hydrogen-bond donors (Lipinski definition) is 0. The van der Waals surface area contributed by atoms with Gasteiger partial charge in [-0.15, -0.1) is 0 Å². The summed E-state index contributed by atoms with van der Waals surface area (Å²) in [6, 6.07) is 23.1.